The largest absolute Gasteiger partial charge is 0.480 e. The van der Waals surface area contributed by atoms with E-state index in [0.29, 0.717) is 6.42 Å². The number of hydrogen-bond donors (Lipinski definition) is 9. The van der Waals surface area contributed by atoms with Crippen LogP contribution in [0.25, 0.3) is 0 Å². The summed E-state index contributed by atoms with van der Waals surface area (Å²) in [5.74, 6) is -5.16. The van der Waals surface area contributed by atoms with Gasteiger partial charge in [-0.1, -0.05) is 0 Å². The molecule has 0 aliphatic rings. The van der Waals surface area contributed by atoms with Crippen molar-refractivity contribution in [3.05, 3.63) is 0 Å². The Morgan fingerprint density at radius 3 is 2.00 bits per heavy atom. The van der Waals surface area contributed by atoms with E-state index in [9.17, 15) is 29.1 Å². The van der Waals surface area contributed by atoms with Crippen LogP contribution < -0.4 is 38.9 Å². The number of carbonyl (C=O) groups excluding carboxylic acids is 4. The van der Waals surface area contributed by atoms with Gasteiger partial charge in [-0.2, -0.15) is 0 Å². The molecule has 0 aromatic heterocycles. The fraction of sp³-hybridized carbons (Fsp3) is 0.647. The van der Waals surface area contributed by atoms with E-state index in [-0.39, 0.29) is 18.9 Å². The summed E-state index contributed by atoms with van der Waals surface area (Å²) in [6.07, 6.45) is -1.49. The van der Waals surface area contributed by atoms with Gasteiger partial charge < -0.3 is 49.1 Å². The van der Waals surface area contributed by atoms with Gasteiger partial charge in [0.25, 0.3) is 0 Å². The van der Waals surface area contributed by atoms with Crippen LogP contribution in [0.15, 0.2) is 4.99 Å². The van der Waals surface area contributed by atoms with Crippen molar-refractivity contribution in [1.82, 2.24) is 16.0 Å². The fourth-order valence-electron chi connectivity index (χ4n) is 2.36. The molecule has 4 amide bonds. The first-order chi connectivity index (χ1) is 14.8. The molecule has 0 rings (SSSR count). The van der Waals surface area contributed by atoms with Gasteiger partial charge in [-0.25, -0.2) is 0 Å². The summed E-state index contributed by atoms with van der Waals surface area (Å²) in [6, 6.07) is -5.40. The monoisotopic (exact) mass is 460 g/mol. The van der Waals surface area contributed by atoms with Crippen molar-refractivity contribution in [2.45, 2.75) is 63.4 Å². The average molecular weight is 460 g/mol. The van der Waals surface area contributed by atoms with Crippen LogP contribution in [0.5, 0.6) is 0 Å². The van der Waals surface area contributed by atoms with E-state index in [0.717, 1.165) is 0 Å². The number of guanidine groups is 1. The maximum absolute atomic E-state index is 12.6. The lowest BCUT2D eigenvalue weighted by Crippen LogP contribution is -2.60. The molecule has 0 aromatic rings. The normalized spacial score (nSPS) is 15.2. The molecule has 13 N–H and O–H groups in total. The third kappa shape index (κ3) is 11.1. The predicted molar refractivity (Wildman–Crippen MR) is 112 cm³/mol. The van der Waals surface area contributed by atoms with E-state index in [1.165, 1.54) is 13.8 Å². The lowest BCUT2D eigenvalue weighted by Gasteiger charge is -2.25. The Morgan fingerprint density at radius 2 is 1.53 bits per heavy atom. The van der Waals surface area contributed by atoms with E-state index in [1.54, 1.807) is 0 Å². The smallest absolute Gasteiger partial charge is 0.325 e. The summed E-state index contributed by atoms with van der Waals surface area (Å²) in [5.41, 5.74) is 21.2. The maximum atomic E-state index is 12.6. The van der Waals surface area contributed by atoms with Crippen LogP contribution in [0.4, 0.5) is 0 Å². The minimum Gasteiger partial charge on any atom is -0.480 e. The number of aliphatic imine (C=N–C) groups is 1. The summed E-state index contributed by atoms with van der Waals surface area (Å²) in [5, 5.41) is 25.3. The number of rotatable bonds is 14. The number of aliphatic hydroxyl groups is 1. The van der Waals surface area contributed by atoms with Crippen LogP contribution in [-0.2, 0) is 24.0 Å². The number of primary amides is 1. The van der Waals surface area contributed by atoms with Crippen molar-refractivity contribution in [1.29, 1.82) is 0 Å². The zero-order valence-corrected chi connectivity index (χ0v) is 17.9. The second-order valence-corrected chi connectivity index (χ2v) is 7.08. The summed E-state index contributed by atoms with van der Waals surface area (Å²) in [7, 11) is 0. The Hall–Kier alpha value is -3.46. The molecule has 0 spiro atoms. The van der Waals surface area contributed by atoms with Crippen LogP contribution in [0, 0.1) is 0 Å². The fourth-order valence-corrected chi connectivity index (χ4v) is 2.36. The van der Waals surface area contributed by atoms with Gasteiger partial charge in [0, 0.05) is 6.54 Å². The van der Waals surface area contributed by atoms with Gasteiger partial charge in [-0.3, -0.25) is 29.0 Å². The van der Waals surface area contributed by atoms with E-state index >= 15 is 0 Å². The molecular formula is C17H32N8O7. The second-order valence-electron chi connectivity index (χ2n) is 7.08. The number of carboxylic acid groups (broad SMARTS) is 1. The number of nitrogens with zero attached hydrogens (tertiary/aromatic N) is 1. The molecule has 0 aliphatic carbocycles. The number of aliphatic carboxylic acids is 1. The molecule has 32 heavy (non-hydrogen) atoms. The zero-order chi connectivity index (χ0) is 25.0. The molecule has 15 heteroatoms. The van der Waals surface area contributed by atoms with E-state index in [4.69, 9.17) is 28.0 Å². The van der Waals surface area contributed by atoms with Gasteiger partial charge in [0.1, 0.15) is 18.1 Å². The van der Waals surface area contributed by atoms with Gasteiger partial charge in [-0.15, -0.1) is 0 Å². The number of carbonyl (C=O) groups is 5. The quantitative estimate of drug-likeness (QED) is 0.0677. The lowest BCUT2D eigenvalue weighted by molar-refractivity contribution is -0.142. The minimum atomic E-state index is -1.53. The minimum absolute atomic E-state index is 0.110. The maximum Gasteiger partial charge on any atom is 0.325 e. The molecule has 0 fully saturated rings. The van der Waals surface area contributed by atoms with E-state index in [1.807, 2.05) is 0 Å². The van der Waals surface area contributed by atoms with Gasteiger partial charge in [-0.05, 0) is 26.7 Å². The molecule has 5 unspecified atom stereocenters. The van der Waals surface area contributed by atoms with Crippen molar-refractivity contribution in [3.63, 3.8) is 0 Å². The van der Waals surface area contributed by atoms with Crippen molar-refractivity contribution in [3.8, 4) is 0 Å². The number of aliphatic hydroxyl groups excluding tert-OH is 1. The van der Waals surface area contributed by atoms with Crippen molar-refractivity contribution < 1.29 is 34.2 Å². The molecule has 0 aliphatic heterocycles. The first kappa shape index (κ1) is 28.5. The Morgan fingerprint density at radius 1 is 0.938 bits per heavy atom. The van der Waals surface area contributed by atoms with E-state index < -0.39 is 66.3 Å². The van der Waals surface area contributed by atoms with Gasteiger partial charge in [0.05, 0.1) is 18.6 Å². The molecule has 0 heterocycles. The van der Waals surface area contributed by atoms with Gasteiger partial charge in [0.2, 0.25) is 23.6 Å². The topological polar surface area (TPSA) is 278 Å². The first-order valence-corrected chi connectivity index (χ1v) is 9.67. The third-order valence-electron chi connectivity index (χ3n) is 4.13. The molecular weight excluding hydrogens is 428 g/mol. The number of nitrogens with two attached hydrogens (primary N) is 4. The Bertz CT molecular complexity index is 724. The highest BCUT2D eigenvalue weighted by Crippen LogP contribution is 2.02. The summed E-state index contributed by atoms with van der Waals surface area (Å²) in [6.45, 7) is 2.63. The molecule has 0 saturated carbocycles. The lowest BCUT2D eigenvalue weighted by atomic mass is 10.1. The highest BCUT2D eigenvalue weighted by atomic mass is 16.4. The van der Waals surface area contributed by atoms with Crippen molar-refractivity contribution in [2.75, 3.05) is 6.54 Å². The number of amides is 4. The van der Waals surface area contributed by atoms with E-state index in [2.05, 4.69) is 20.9 Å². The highest BCUT2D eigenvalue weighted by Gasteiger charge is 2.32. The van der Waals surface area contributed by atoms with Gasteiger partial charge in [0.15, 0.2) is 5.96 Å². The molecule has 0 saturated heterocycles. The Balaban J connectivity index is 5.16. The summed E-state index contributed by atoms with van der Waals surface area (Å²) >= 11 is 0. The predicted octanol–water partition coefficient (Wildman–Crippen LogP) is -4.82. The molecule has 0 bridgehead atoms. The average Bonchev–Trinajstić information content (AvgIpc) is 2.67. The third-order valence-corrected chi connectivity index (χ3v) is 4.13. The van der Waals surface area contributed by atoms with Crippen molar-refractivity contribution in [2.24, 2.45) is 27.9 Å². The summed E-state index contributed by atoms with van der Waals surface area (Å²) in [4.78, 5) is 63.0. The van der Waals surface area contributed by atoms with Gasteiger partial charge >= 0.3 is 5.97 Å². The summed E-state index contributed by atoms with van der Waals surface area (Å²) < 4.78 is 0. The van der Waals surface area contributed by atoms with Crippen LogP contribution in [0.2, 0.25) is 0 Å². The van der Waals surface area contributed by atoms with Crippen LogP contribution in [0.3, 0.4) is 0 Å². The second kappa shape index (κ2) is 13.8. The number of nitrogens with one attached hydrogen (secondary N) is 3. The Labute approximate surface area is 184 Å². The first-order valence-electron chi connectivity index (χ1n) is 9.67. The number of carboxylic acids is 1. The van der Waals surface area contributed by atoms with Crippen LogP contribution in [0.1, 0.15) is 33.1 Å². The highest BCUT2D eigenvalue weighted by molar-refractivity contribution is 5.96. The molecule has 182 valence electrons. The molecule has 5 atom stereocenters. The van der Waals surface area contributed by atoms with Crippen molar-refractivity contribution >= 4 is 35.6 Å². The molecule has 0 aromatic carbocycles. The number of hydrogen-bond acceptors (Lipinski definition) is 8. The molecule has 0 radical (unpaired) electrons. The van der Waals surface area contributed by atoms with Crippen LogP contribution in [-0.4, -0.2) is 82.6 Å². The standard InChI is InChI=1S/C17H32N8O7/c1-7(16(31)32)23-14(29)10(6-11(19)27)24-15(30)12(8(2)26)25-13(28)9(18)4-3-5-22-17(20)21/h7-10,12,26H,3-6,18H2,1-2H3,(H2,19,27)(H,23,29)(H,24,30)(H,25,28)(H,31,32)(H4,20,21,22). The Kier molecular flexibility index (Phi) is 12.3. The SMILES string of the molecule is CC(NC(=O)C(CC(N)=O)NC(=O)C(NC(=O)C(N)CCCN=C(N)N)C(C)O)C(=O)O. The van der Waals surface area contributed by atoms with Crippen LogP contribution >= 0.6 is 0 Å². The molecule has 15 nitrogen and oxygen atoms in total. The zero-order valence-electron chi connectivity index (χ0n) is 17.9.